The van der Waals surface area contributed by atoms with E-state index in [1.54, 1.807) is 31.2 Å². The molecule has 22 heavy (non-hydrogen) atoms. The molecule has 1 aromatic heterocycles. The fourth-order valence-electron chi connectivity index (χ4n) is 1.87. The normalized spacial score (nSPS) is 14.3. The summed E-state index contributed by atoms with van der Waals surface area (Å²) < 4.78 is 16.1. The maximum Gasteiger partial charge on any atom is 0.257 e. The molecule has 1 heterocycles. The predicted molar refractivity (Wildman–Crippen MR) is 94.3 cm³/mol. The van der Waals surface area contributed by atoms with Gasteiger partial charge in [-0.15, -0.1) is 0 Å². The van der Waals surface area contributed by atoms with Gasteiger partial charge in [0.15, 0.2) is 0 Å². The summed E-state index contributed by atoms with van der Waals surface area (Å²) in [4.78, 5) is 15.0. The molecule has 0 radical (unpaired) electrons. The maximum atomic E-state index is 12.3. The molecule has 0 saturated heterocycles. The molecule has 4 nitrogen and oxygen atoms in total. The molecule has 0 saturated carbocycles. The average Bonchev–Trinajstić information content (AvgIpc) is 2.46. The molecule has 2 rings (SSSR count). The van der Waals surface area contributed by atoms with Crippen LogP contribution in [0.5, 0.6) is 0 Å². The Morgan fingerprint density at radius 3 is 2.68 bits per heavy atom. The minimum atomic E-state index is -1.40. The van der Waals surface area contributed by atoms with Crippen molar-refractivity contribution in [2.45, 2.75) is 38.9 Å². The van der Waals surface area contributed by atoms with Crippen LogP contribution in [0.3, 0.4) is 0 Å². The van der Waals surface area contributed by atoms with E-state index in [1.807, 2.05) is 20.8 Å². The highest BCUT2D eigenvalue weighted by Crippen LogP contribution is 2.20. The van der Waals surface area contributed by atoms with Crippen LogP contribution in [0.4, 0.5) is 0 Å². The largest absolute Gasteiger partial charge is 0.321 e. The van der Waals surface area contributed by atoms with Crippen LogP contribution in [0.1, 0.15) is 39.7 Å². The van der Waals surface area contributed by atoms with Crippen molar-refractivity contribution in [3.63, 3.8) is 0 Å². The molecule has 0 aliphatic carbocycles. The monoisotopic (exact) mass is 338 g/mol. The third-order valence-electron chi connectivity index (χ3n) is 3.74. The zero-order valence-electron chi connectivity index (χ0n) is 13.1. The molecule has 0 aliphatic rings. The van der Waals surface area contributed by atoms with Gasteiger partial charge < -0.3 is 4.98 Å². The van der Waals surface area contributed by atoms with Gasteiger partial charge in [-0.05, 0) is 51.5 Å². The number of halogens is 1. The second-order valence-corrected chi connectivity index (χ2v) is 8.01. The first-order chi connectivity index (χ1) is 10.2. The second-order valence-electron chi connectivity index (χ2n) is 5.78. The highest BCUT2D eigenvalue weighted by Gasteiger charge is 2.24. The van der Waals surface area contributed by atoms with Crippen molar-refractivity contribution in [2.24, 2.45) is 4.40 Å². The van der Waals surface area contributed by atoms with Crippen LogP contribution < -0.4 is 5.56 Å². The Bertz CT molecular complexity index is 824. The van der Waals surface area contributed by atoms with Gasteiger partial charge in [0.1, 0.15) is 11.0 Å². The molecule has 6 heteroatoms. The van der Waals surface area contributed by atoms with Crippen molar-refractivity contribution in [1.82, 2.24) is 4.98 Å². The lowest BCUT2D eigenvalue weighted by molar-refractivity contribution is 0.614. The fraction of sp³-hybridized carbons (Fsp3) is 0.375. The lowest BCUT2D eigenvalue weighted by Gasteiger charge is -2.18. The number of hydrogen-bond acceptors (Lipinski definition) is 2. The van der Waals surface area contributed by atoms with Crippen LogP contribution in [-0.4, -0.2) is 19.7 Å². The third-order valence-corrected chi connectivity index (χ3v) is 5.65. The van der Waals surface area contributed by atoms with E-state index in [4.69, 9.17) is 11.6 Å². The van der Waals surface area contributed by atoms with Crippen LogP contribution in [0.25, 0.3) is 10.9 Å². The zero-order valence-corrected chi connectivity index (χ0v) is 14.6. The number of benzene rings is 1. The molecule has 0 amide bonds. The summed E-state index contributed by atoms with van der Waals surface area (Å²) in [6.07, 6.45) is 0.736. The van der Waals surface area contributed by atoms with E-state index in [0.29, 0.717) is 21.8 Å². The lowest BCUT2D eigenvalue weighted by atomic mass is 10.1. The lowest BCUT2D eigenvalue weighted by Crippen LogP contribution is -2.25. The standard InChI is InChI=1S/C16H19ClN2O2S/c1-5-16(3,4)22(21)19-10(2)13-9-11-8-12(17)6-7-14(11)18-15(13)20/h6-9H,5H2,1-4H3,(H,18,20)/b19-10+/t22-/m0/s1. The van der Waals surface area contributed by atoms with Gasteiger partial charge in [0, 0.05) is 15.9 Å². The van der Waals surface area contributed by atoms with Gasteiger partial charge in [0.25, 0.3) is 5.56 Å². The van der Waals surface area contributed by atoms with E-state index in [-0.39, 0.29) is 5.56 Å². The summed E-state index contributed by atoms with van der Waals surface area (Å²) in [6, 6.07) is 6.98. The fourth-order valence-corrected chi connectivity index (χ4v) is 2.89. The van der Waals surface area contributed by atoms with E-state index in [0.717, 1.165) is 11.8 Å². The smallest absolute Gasteiger partial charge is 0.257 e. The Kier molecular flexibility index (Phi) is 4.87. The van der Waals surface area contributed by atoms with Crippen LogP contribution in [0, 0.1) is 0 Å². The summed E-state index contributed by atoms with van der Waals surface area (Å²) in [7, 11) is -1.40. The van der Waals surface area contributed by atoms with Crippen LogP contribution in [0.2, 0.25) is 5.02 Å². The molecule has 0 bridgehead atoms. The number of fused-ring (bicyclic) bond motifs is 1. The average molecular weight is 339 g/mol. The molecule has 1 aromatic carbocycles. The quantitative estimate of drug-likeness (QED) is 0.861. The van der Waals surface area contributed by atoms with Gasteiger partial charge >= 0.3 is 0 Å². The Morgan fingerprint density at radius 1 is 1.36 bits per heavy atom. The Balaban J connectivity index is 2.52. The molecular formula is C16H19ClN2O2S. The summed E-state index contributed by atoms with van der Waals surface area (Å²) in [5.74, 6) is 0. The van der Waals surface area contributed by atoms with Crippen LogP contribution >= 0.6 is 11.6 Å². The Morgan fingerprint density at radius 2 is 2.05 bits per heavy atom. The molecule has 1 N–H and O–H groups in total. The number of rotatable bonds is 4. The minimum Gasteiger partial charge on any atom is -0.321 e. The van der Waals surface area contributed by atoms with Gasteiger partial charge in [0.05, 0.1) is 16.0 Å². The number of nitrogens with one attached hydrogen (secondary N) is 1. The molecule has 0 spiro atoms. The van der Waals surface area contributed by atoms with E-state index in [2.05, 4.69) is 9.38 Å². The third kappa shape index (κ3) is 3.47. The highest BCUT2D eigenvalue weighted by atomic mass is 35.5. The summed E-state index contributed by atoms with van der Waals surface area (Å²) >= 11 is 5.98. The number of hydrogen-bond donors (Lipinski definition) is 1. The van der Waals surface area contributed by atoms with Gasteiger partial charge in [-0.25, -0.2) is 4.21 Å². The summed E-state index contributed by atoms with van der Waals surface area (Å²) in [6.45, 7) is 7.45. The molecule has 2 aromatic rings. The van der Waals surface area contributed by atoms with E-state index >= 15 is 0 Å². The van der Waals surface area contributed by atoms with Crippen molar-refractivity contribution in [1.29, 1.82) is 0 Å². The molecular weight excluding hydrogens is 320 g/mol. The number of pyridine rings is 1. The van der Waals surface area contributed by atoms with E-state index in [1.165, 1.54) is 0 Å². The van der Waals surface area contributed by atoms with Crippen LogP contribution in [-0.2, 0) is 11.0 Å². The molecule has 0 unspecified atom stereocenters. The molecule has 0 aliphatic heterocycles. The molecule has 1 atom stereocenters. The first-order valence-electron chi connectivity index (χ1n) is 7.05. The van der Waals surface area contributed by atoms with Crippen molar-refractivity contribution in [3.05, 3.63) is 45.2 Å². The van der Waals surface area contributed by atoms with Crippen LogP contribution in [0.15, 0.2) is 33.5 Å². The number of aromatic amines is 1. The first kappa shape index (κ1) is 16.9. The van der Waals surface area contributed by atoms with Crippen molar-refractivity contribution >= 4 is 39.2 Å². The topological polar surface area (TPSA) is 62.3 Å². The number of H-pyrrole nitrogens is 1. The molecule has 0 fully saturated rings. The van der Waals surface area contributed by atoms with E-state index < -0.39 is 15.7 Å². The minimum absolute atomic E-state index is 0.248. The number of nitrogens with zero attached hydrogens (tertiary/aromatic N) is 1. The summed E-state index contributed by atoms with van der Waals surface area (Å²) in [5, 5.41) is 1.41. The second kappa shape index (κ2) is 6.34. The Hall–Kier alpha value is -1.46. The van der Waals surface area contributed by atoms with Crippen molar-refractivity contribution < 1.29 is 4.21 Å². The van der Waals surface area contributed by atoms with Gasteiger partial charge in [-0.3, -0.25) is 4.79 Å². The highest BCUT2D eigenvalue weighted by molar-refractivity contribution is 7.85. The van der Waals surface area contributed by atoms with Gasteiger partial charge in [-0.2, -0.15) is 4.40 Å². The Labute approximate surface area is 137 Å². The van der Waals surface area contributed by atoms with Crippen molar-refractivity contribution in [2.75, 3.05) is 0 Å². The van der Waals surface area contributed by atoms with Crippen molar-refractivity contribution in [3.8, 4) is 0 Å². The maximum absolute atomic E-state index is 12.3. The van der Waals surface area contributed by atoms with Gasteiger partial charge in [-0.1, -0.05) is 18.5 Å². The summed E-state index contributed by atoms with van der Waals surface area (Å²) in [5.41, 5.74) is 1.33. The first-order valence-corrected chi connectivity index (χ1v) is 8.53. The number of aromatic nitrogens is 1. The predicted octanol–water partition coefficient (Wildman–Crippen LogP) is 3.84. The zero-order chi connectivity index (χ0) is 16.5. The molecule has 118 valence electrons. The van der Waals surface area contributed by atoms with Gasteiger partial charge in [0.2, 0.25) is 0 Å². The SMILES string of the molecule is CCC(C)(C)[S@](=O)/N=C(\C)c1cc2cc(Cl)ccc2[nH]c1=O. The van der Waals surface area contributed by atoms with E-state index in [9.17, 15) is 9.00 Å².